The number of nitrogens with zero attached hydrogens (tertiary/aromatic N) is 7. The standard InChI is InChI=1S/C23H22N8O3S.C2H7N/c24-22-26-20-18(21-25-19(27-31(21)22)17-2-1-13-34-17)35-23(33)30(20)12-9-28-7-10-29(11-8-28)16-5-3-15(14-32)4-6-16;1-3-2/h1-6,13-14H,7-12H2,(H2,24,26);3H,1-2H3. The first-order valence-corrected chi connectivity index (χ1v) is 13.0. The van der Waals surface area contributed by atoms with Crippen LogP contribution in [-0.2, 0) is 6.54 Å². The van der Waals surface area contributed by atoms with Crippen LogP contribution in [0.25, 0.3) is 27.6 Å². The van der Waals surface area contributed by atoms with Crippen molar-refractivity contribution in [3.05, 3.63) is 57.9 Å². The maximum atomic E-state index is 12.9. The number of thiazole rings is 1. The molecule has 38 heavy (non-hydrogen) atoms. The van der Waals surface area contributed by atoms with Crippen molar-refractivity contribution in [1.29, 1.82) is 0 Å². The first kappa shape index (κ1) is 25.6. The zero-order valence-electron chi connectivity index (χ0n) is 21.2. The van der Waals surface area contributed by atoms with Crippen molar-refractivity contribution in [2.45, 2.75) is 6.54 Å². The van der Waals surface area contributed by atoms with Crippen LogP contribution >= 0.6 is 11.3 Å². The van der Waals surface area contributed by atoms with Crippen molar-refractivity contribution < 1.29 is 9.21 Å². The number of carbonyl (C=O) groups is 1. The Morgan fingerprint density at radius 3 is 2.45 bits per heavy atom. The maximum Gasteiger partial charge on any atom is 0.309 e. The first-order valence-electron chi connectivity index (χ1n) is 12.2. The quantitative estimate of drug-likeness (QED) is 0.309. The molecule has 0 amide bonds. The van der Waals surface area contributed by atoms with Gasteiger partial charge in [-0.3, -0.25) is 19.1 Å². The normalized spacial score (nSPS) is 14.1. The minimum Gasteiger partial charge on any atom is -0.461 e. The van der Waals surface area contributed by atoms with Crippen LogP contribution in [0, 0.1) is 0 Å². The summed E-state index contributed by atoms with van der Waals surface area (Å²) >= 11 is 1.10. The fraction of sp³-hybridized carbons (Fsp3) is 0.320. The average molecular weight is 536 g/mol. The number of hydrogen-bond donors (Lipinski definition) is 2. The Labute approximate surface area is 222 Å². The number of benzene rings is 1. The molecule has 5 aromatic rings. The molecule has 0 saturated carbocycles. The molecule has 5 heterocycles. The molecule has 0 aliphatic carbocycles. The van der Waals surface area contributed by atoms with E-state index in [1.807, 2.05) is 38.4 Å². The van der Waals surface area contributed by atoms with Gasteiger partial charge in [0.15, 0.2) is 17.1 Å². The number of piperazine rings is 1. The summed E-state index contributed by atoms with van der Waals surface area (Å²) in [6, 6.07) is 11.2. The number of anilines is 2. The molecule has 1 aliphatic heterocycles. The number of hydrogen-bond acceptors (Lipinski definition) is 11. The van der Waals surface area contributed by atoms with Crippen LogP contribution in [0.3, 0.4) is 0 Å². The fourth-order valence-corrected chi connectivity index (χ4v) is 5.30. The molecular weight excluding hydrogens is 506 g/mol. The number of carbonyl (C=O) groups excluding carboxylic acids is 1. The van der Waals surface area contributed by atoms with Gasteiger partial charge in [0.25, 0.3) is 0 Å². The third-order valence-corrected chi connectivity index (χ3v) is 7.23. The Hall–Kier alpha value is -4.07. The molecule has 13 heteroatoms. The minimum atomic E-state index is -0.101. The molecule has 198 valence electrons. The van der Waals surface area contributed by atoms with Crippen LogP contribution in [-0.4, -0.2) is 82.2 Å². The highest BCUT2D eigenvalue weighted by Gasteiger charge is 2.21. The van der Waals surface area contributed by atoms with Crippen molar-refractivity contribution >= 4 is 45.3 Å². The zero-order chi connectivity index (χ0) is 26.6. The van der Waals surface area contributed by atoms with Crippen LogP contribution in [0.2, 0.25) is 0 Å². The van der Waals surface area contributed by atoms with E-state index in [-0.39, 0.29) is 10.8 Å². The highest BCUT2D eigenvalue weighted by Crippen LogP contribution is 2.25. The number of furan rings is 1. The SMILES string of the molecule is CNC.Nc1nc2c(sc(=O)n2CCN2CCN(c3ccc(C=O)cc3)CC2)c2nc(-c3ccco3)nn12. The number of aromatic nitrogens is 5. The third-order valence-electron chi connectivity index (χ3n) is 6.26. The predicted octanol–water partition coefficient (Wildman–Crippen LogP) is 1.81. The molecule has 1 saturated heterocycles. The van der Waals surface area contributed by atoms with Gasteiger partial charge in [-0.25, -0.2) is 4.98 Å². The highest BCUT2D eigenvalue weighted by atomic mass is 32.1. The molecule has 0 bridgehead atoms. The van der Waals surface area contributed by atoms with Crippen molar-refractivity contribution in [3.63, 3.8) is 0 Å². The molecule has 4 aromatic heterocycles. The predicted molar refractivity (Wildman–Crippen MR) is 148 cm³/mol. The van der Waals surface area contributed by atoms with E-state index in [2.05, 4.69) is 30.2 Å². The number of nitrogen functional groups attached to an aromatic ring is 1. The van der Waals surface area contributed by atoms with E-state index in [4.69, 9.17) is 10.2 Å². The smallest absolute Gasteiger partial charge is 0.309 e. The summed E-state index contributed by atoms with van der Waals surface area (Å²) < 4.78 is 9.16. The Morgan fingerprint density at radius 1 is 1.05 bits per heavy atom. The lowest BCUT2D eigenvalue weighted by Gasteiger charge is -2.36. The average Bonchev–Trinajstić information content (AvgIpc) is 3.68. The Bertz CT molecular complexity index is 1580. The Morgan fingerprint density at radius 2 is 1.79 bits per heavy atom. The van der Waals surface area contributed by atoms with Crippen molar-refractivity contribution in [2.24, 2.45) is 0 Å². The third kappa shape index (κ3) is 5.03. The van der Waals surface area contributed by atoms with E-state index in [9.17, 15) is 9.59 Å². The summed E-state index contributed by atoms with van der Waals surface area (Å²) in [7, 11) is 3.75. The lowest BCUT2D eigenvalue weighted by Crippen LogP contribution is -2.47. The van der Waals surface area contributed by atoms with Gasteiger partial charge in [0.1, 0.15) is 11.0 Å². The second-order valence-corrected chi connectivity index (χ2v) is 9.79. The number of aldehydes is 1. The van der Waals surface area contributed by atoms with Gasteiger partial charge in [-0.2, -0.15) is 9.50 Å². The van der Waals surface area contributed by atoms with Crippen LogP contribution in [0.15, 0.2) is 51.9 Å². The number of fused-ring (bicyclic) bond motifs is 3. The van der Waals surface area contributed by atoms with E-state index in [1.54, 1.807) is 23.0 Å². The molecular formula is C25H29N9O3S. The summed E-state index contributed by atoms with van der Waals surface area (Å²) in [5, 5.41) is 7.14. The zero-order valence-corrected chi connectivity index (χ0v) is 22.0. The summed E-state index contributed by atoms with van der Waals surface area (Å²) in [6.45, 7) is 4.74. The maximum absolute atomic E-state index is 12.9. The Balaban J connectivity index is 0.000000937. The molecule has 12 nitrogen and oxygen atoms in total. The molecule has 3 N–H and O–H groups in total. The van der Waals surface area contributed by atoms with Gasteiger partial charge in [0, 0.05) is 50.5 Å². The molecule has 1 fully saturated rings. The number of nitrogens with one attached hydrogen (secondary N) is 1. The number of rotatable bonds is 6. The van der Waals surface area contributed by atoms with Crippen molar-refractivity contribution in [1.82, 2.24) is 34.4 Å². The van der Waals surface area contributed by atoms with Crippen LogP contribution in [0.5, 0.6) is 0 Å². The summed E-state index contributed by atoms with van der Waals surface area (Å²) in [5.74, 6) is 1.08. The first-order chi connectivity index (χ1) is 18.5. The molecule has 0 radical (unpaired) electrons. The summed E-state index contributed by atoms with van der Waals surface area (Å²) in [5.41, 5.74) is 8.98. The molecule has 1 aromatic carbocycles. The molecule has 0 spiro atoms. The molecule has 6 rings (SSSR count). The van der Waals surface area contributed by atoms with Crippen molar-refractivity contribution in [2.75, 3.05) is 57.5 Å². The van der Waals surface area contributed by atoms with E-state index in [0.29, 0.717) is 39.7 Å². The van der Waals surface area contributed by atoms with E-state index >= 15 is 0 Å². The monoisotopic (exact) mass is 535 g/mol. The summed E-state index contributed by atoms with van der Waals surface area (Å²) in [6.07, 6.45) is 2.41. The largest absolute Gasteiger partial charge is 0.461 e. The topological polar surface area (TPSA) is 140 Å². The van der Waals surface area contributed by atoms with E-state index in [1.165, 1.54) is 4.52 Å². The number of nitrogens with two attached hydrogens (primary N) is 1. The van der Waals surface area contributed by atoms with Crippen LogP contribution in [0.1, 0.15) is 10.4 Å². The lowest BCUT2D eigenvalue weighted by atomic mass is 10.2. The van der Waals surface area contributed by atoms with Crippen LogP contribution in [0.4, 0.5) is 11.6 Å². The fourth-order valence-electron chi connectivity index (χ4n) is 4.37. The second kappa shape index (κ2) is 11.1. The van der Waals surface area contributed by atoms with Gasteiger partial charge in [-0.1, -0.05) is 11.3 Å². The van der Waals surface area contributed by atoms with Crippen LogP contribution < -0.4 is 20.8 Å². The summed E-state index contributed by atoms with van der Waals surface area (Å²) in [4.78, 5) is 37.3. The van der Waals surface area contributed by atoms with E-state index in [0.717, 1.165) is 56.0 Å². The van der Waals surface area contributed by atoms with Gasteiger partial charge in [0.2, 0.25) is 11.8 Å². The van der Waals surface area contributed by atoms with Gasteiger partial charge >= 0.3 is 4.87 Å². The second-order valence-electron chi connectivity index (χ2n) is 8.83. The Kier molecular flexibility index (Phi) is 7.49. The molecule has 0 atom stereocenters. The van der Waals surface area contributed by atoms with Gasteiger partial charge in [-0.05, 0) is 50.5 Å². The van der Waals surface area contributed by atoms with Gasteiger partial charge in [0.05, 0.1) is 6.26 Å². The van der Waals surface area contributed by atoms with E-state index < -0.39 is 0 Å². The van der Waals surface area contributed by atoms with Gasteiger partial charge < -0.3 is 20.4 Å². The highest BCUT2D eigenvalue weighted by molar-refractivity contribution is 7.17. The molecule has 0 unspecified atom stereocenters. The molecule has 1 aliphatic rings. The lowest BCUT2D eigenvalue weighted by molar-refractivity contribution is 0.112. The van der Waals surface area contributed by atoms with Gasteiger partial charge in [-0.15, -0.1) is 5.10 Å². The van der Waals surface area contributed by atoms with Crippen molar-refractivity contribution in [3.8, 4) is 11.6 Å². The minimum absolute atomic E-state index is 0.101.